The third kappa shape index (κ3) is 5.60. The van der Waals surface area contributed by atoms with Gasteiger partial charge in [-0.05, 0) is 37.5 Å². The molecule has 124 valence electrons. The summed E-state index contributed by atoms with van der Waals surface area (Å²) in [6, 6.07) is 3.97. The van der Waals surface area contributed by atoms with Gasteiger partial charge < -0.3 is 15.4 Å². The van der Waals surface area contributed by atoms with Crippen LogP contribution < -0.4 is 10.6 Å². The number of rotatable bonds is 6. The summed E-state index contributed by atoms with van der Waals surface area (Å²) in [4.78, 5) is 4.13. The van der Waals surface area contributed by atoms with Crippen LogP contribution in [-0.2, 0) is 4.74 Å². The molecule has 1 aromatic carbocycles. The molecule has 0 heterocycles. The lowest BCUT2D eigenvalue weighted by Crippen LogP contribution is -2.46. The Labute approximate surface area is 131 Å². The van der Waals surface area contributed by atoms with Crippen molar-refractivity contribution in [2.24, 2.45) is 4.99 Å². The Hall–Kier alpha value is -1.69. The summed E-state index contributed by atoms with van der Waals surface area (Å²) in [5.41, 5.74) is 0.433. The highest BCUT2D eigenvalue weighted by atomic mass is 19.2. The van der Waals surface area contributed by atoms with Gasteiger partial charge in [-0.25, -0.2) is 8.78 Å². The standard InChI is InChI=1S/C16H25F2N3O/c1-11(12-6-7-13(17)14(18)8-12)9-20-15(19-4)21-10-16(2,3)22-5/h6-8,11H,9-10H2,1-5H3,(H2,19,20,21). The molecule has 4 nitrogen and oxygen atoms in total. The van der Waals surface area contributed by atoms with Crippen molar-refractivity contribution < 1.29 is 13.5 Å². The number of aliphatic imine (C=N–C) groups is 1. The molecule has 1 atom stereocenters. The SMILES string of the molecule is CN=C(NCC(C)c1ccc(F)c(F)c1)NCC(C)(C)OC. The molecule has 0 aliphatic rings. The van der Waals surface area contributed by atoms with Gasteiger partial charge in [0, 0.05) is 27.2 Å². The summed E-state index contributed by atoms with van der Waals surface area (Å²) in [5, 5.41) is 6.33. The van der Waals surface area contributed by atoms with Crippen LogP contribution in [0.3, 0.4) is 0 Å². The predicted molar refractivity (Wildman–Crippen MR) is 85.2 cm³/mol. The number of hydrogen-bond acceptors (Lipinski definition) is 2. The van der Waals surface area contributed by atoms with Gasteiger partial charge >= 0.3 is 0 Å². The molecule has 2 N–H and O–H groups in total. The average molecular weight is 313 g/mol. The Kier molecular flexibility index (Phi) is 6.74. The lowest BCUT2D eigenvalue weighted by atomic mass is 10.0. The quantitative estimate of drug-likeness (QED) is 0.627. The van der Waals surface area contributed by atoms with E-state index in [1.165, 1.54) is 6.07 Å². The number of benzene rings is 1. The third-order valence-electron chi connectivity index (χ3n) is 3.55. The van der Waals surface area contributed by atoms with Gasteiger partial charge in [0.15, 0.2) is 17.6 Å². The highest BCUT2D eigenvalue weighted by Gasteiger charge is 2.17. The summed E-state index contributed by atoms with van der Waals surface area (Å²) in [6.07, 6.45) is 0. The smallest absolute Gasteiger partial charge is 0.191 e. The van der Waals surface area contributed by atoms with Crippen LogP contribution in [0, 0.1) is 11.6 Å². The molecule has 0 aliphatic heterocycles. The summed E-state index contributed by atoms with van der Waals surface area (Å²) < 4.78 is 31.5. The number of nitrogens with zero attached hydrogens (tertiary/aromatic N) is 1. The minimum absolute atomic E-state index is 0.0177. The van der Waals surface area contributed by atoms with Crippen LogP contribution in [0.5, 0.6) is 0 Å². The van der Waals surface area contributed by atoms with E-state index in [2.05, 4.69) is 15.6 Å². The fourth-order valence-corrected chi connectivity index (χ4v) is 1.78. The first kappa shape index (κ1) is 18.4. The van der Waals surface area contributed by atoms with Crippen LogP contribution in [0.4, 0.5) is 8.78 Å². The molecule has 0 aliphatic carbocycles. The molecule has 0 aromatic heterocycles. The van der Waals surface area contributed by atoms with E-state index in [0.29, 0.717) is 19.0 Å². The highest BCUT2D eigenvalue weighted by molar-refractivity contribution is 5.79. The number of hydrogen-bond donors (Lipinski definition) is 2. The second kappa shape index (κ2) is 8.08. The van der Waals surface area contributed by atoms with Crippen molar-refractivity contribution >= 4 is 5.96 Å². The van der Waals surface area contributed by atoms with Crippen LogP contribution in [0.1, 0.15) is 32.3 Å². The Balaban J connectivity index is 2.54. The fourth-order valence-electron chi connectivity index (χ4n) is 1.78. The molecule has 0 saturated heterocycles. The number of nitrogens with one attached hydrogen (secondary N) is 2. The van der Waals surface area contributed by atoms with Gasteiger partial charge in [-0.1, -0.05) is 13.0 Å². The van der Waals surface area contributed by atoms with E-state index >= 15 is 0 Å². The van der Waals surface area contributed by atoms with E-state index < -0.39 is 11.6 Å². The van der Waals surface area contributed by atoms with Crippen LogP contribution >= 0.6 is 0 Å². The maximum absolute atomic E-state index is 13.3. The fraction of sp³-hybridized carbons (Fsp3) is 0.562. The van der Waals surface area contributed by atoms with E-state index in [-0.39, 0.29) is 11.5 Å². The summed E-state index contributed by atoms with van der Waals surface area (Å²) in [6.45, 7) is 7.03. The maximum Gasteiger partial charge on any atom is 0.191 e. The largest absolute Gasteiger partial charge is 0.377 e. The van der Waals surface area contributed by atoms with Crippen molar-refractivity contribution in [3.63, 3.8) is 0 Å². The topological polar surface area (TPSA) is 45.7 Å². The van der Waals surface area contributed by atoms with Crippen molar-refractivity contribution in [2.75, 3.05) is 27.2 Å². The number of halogens is 2. The van der Waals surface area contributed by atoms with Gasteiger partial charge in [0.2, 0.25) is 0 Å². The average Bonchev–Trinajstić information content (AvgIpc) is 2.49. The summed E-state index contributed by atoms with van der Waals surface area (Å²) in [7, 11) is 3.33. The van der Waals surface area contributed by atoms with Crippen molar-refractivity contribution in [3.05, 3.63) is 35.4 Å². The van der Waals surface area contributed by atoms with Gasteiger partial charge in [0.25, 0.3) is 0 Å². The molecule has 1 aromatic rings. The van der Waals surface area contributed by atoms with E-state index in [0.717, 1.165) is 11.6 Å². The Morgan fingerprint density at radius 2 is 1.95 bits per heavy atom. The minimum atomic E-state index is -0.830. The molecule has 22 heavy (non-hydrogen) atoms. The summed E-state index contributed by atoms with van der Waals surface area (Å²) in [5.74, 6) is -1.000. The first-order valence-electron chi connectivity index (χ1n) is 7.23. The lowest BCUT2D eigenvalue weighted by Gasteiger charge is -2.25. The first-order valence-corrected chi connectivity index (χ1v) is 7.23. The van der Waals surface area contributed by atoms with Crippen molar-refractivity contribution in [1.82, 2.24) is 10.6 Å². The van der Waals surface area contributed by atoms with Gasteiger partial charge in [-0.2, -0.15) is 0 Å². The van der Waals surface area contributed by atoms with E-state index in [1.54, 1.807) is 20.2 Å². The maximum atomic E-state index is 13.3. The molecular weight excluding hydrogens is 288 g/mol. The summed E-state index contributed by atoms with van der Waals surface area (Å²) >= 11 is 0. The lowest BCUT2D eigenvalue weighted by molar-refractivity contribution is 0.0268. The molecule has 1 rings (SSSR count). The zero-order valence-electron chi connectivity index (χ0n) is 13.8. The Morgan fingerprint density at radius 3 is 2.50 bits per heavy atom. The molecule has 0 amide bonds. The molecule has 6 heteroatoms. The molecule has 0 fully saturated rings. The monoisotopic (exact) mass is 313 g/mol. The minimum Gasteiger partial charge on any atom is -0.377 e. The van der Waals surface area contributed by atoms with Crippen molar-refractivity contribution in [3.8, 4) is 0 Å². The Morgan fingerprint density at radius 1 is 1.27 bits per heavy atom. The zero-order chi connectivity index (χ0) is 16.8. The van der Waals surface area contributed by atoms with Gasteiger partial charge in [-0.3, -0.25) is 4.99 Å². The predicted octanol–water partition coefficient (Wildman–Crippen LogP) is 2.66. The van der Waals surface area contributed by atoms with Gasteiger partial charge in [0.05, 0.1) is 5.60 Å². The molecule has 1 unspecified atom stereocenters. The van der Waals surface area contributed by atoms with Crippen LogP contribution in [0.2, 0.25) is 0 Å². The molecule has 0 saturated carbocycles. The third-order valence-corrected chi connectivity index (χ3v) is 3.55. The zero-order valence-corrected chi connectivity index (χ0v) is 13.8. The van der Waals surface area contributed by atoms with E-state index in [4.69, 9.17) is 4.74 Å². The van der Waals surface area contributed by atoms with Crippen molar-refractivity contribution in [2.45, 2.75) is 32.3 Å². The molecular formula is C16H25F2N3O. The molecule has 0 spiro atoms. The number of guanidine groups is 1. The Bertz CT molecular complexity index is 518. The first-order chi connectivity index (χ1) is 10.3. The normalized spacial score (nSPS) is 13.9. The number of methoxy groups -OCH3 is 1. The molecule has 0 radical (unpaired) electrons. The molecule has 0 bridgehead atoms. The van der Waals surface area contributed by atoms with E-state index in [1.807, 2.05) is 20.8 Å². The number of ether oxygens (including phenoxy) is 1. The van der Waals surface area contributed by atoms with Crippen LogP contribution in [0.15, 0.2) is 23.2 Å². The second-order valence-corrected chi connectivity index (χ2v) is 5.85. The van der Waals surface area contributed by atoms with Crippen LogP contribution in [-0.4, -0.2) is 38.8 Å². The highest BCUT2D eigenvalue weighted by Crippen LogP contribution is 2.17. The second-order valence-electron chi connectivity index (χ2n) is 5.85. The van der Waals surface area contributed by atoms with E-state index in [9.17, 15) is 8.78 Å². The van der Waals surface area contributed by atoms with Gasteiger partial charge in [0.1, 0.15) is 0 Å². The van der Waals surface area contributed by atoms with Gasteiger partial charge in [-0.15, -0.1) is 0 Å². The van der Waals surface area contributed by atoms with Crippen LogP contribution in [0.25, 0.3) is 0 Å². The van der Waals surface area contributed by atoms with Crippen molar-refractivity contribution in [1.29, 1.82) is 0 Å².